The van der Waals surface area contributed by atoms with E-state index in [9.17, 15) is 0 Å². The van der Waals surface area contributed by atoms with Gasteiger partial charge < -0.3 is 5.32 Å². The first-order valence-corrected chi connectivity index (χ1v) is 8.70. The number of nitrogens with one attached hydrogen (secondary N) is 1. The van der Waals surface area contributed by atoms with Gasteiger partial charge in [-0.3, -0.25) is 4.90 Å². The van der Waals surface area contributed by atoms with Crippen LogP contribution < -0.4 is 5.32 Å². The van der Waals surface area contributed by atoms with Crippen molar-refractivity contribution in [3.8, 4) is 0 Å². The number of hydrogen-bond donors (Lipinski definition) is 1. The largest absolute Gasteiger partial charge is 0.308 e. The van der Waals surface area contributed by atoms with Crippen LogP contribution in [0.2, 0.25) is 0 Å². The van der Waals surface area contributed by atoms with Gasteiger partial charge in [-0.15, -0.1) is 0 Å². The van der Waals surface area contributed by atoms with Crippen LogP contribution in [0.3, 0.4) is 0 Å². The summed E-state index contributed by atoms with van der Waals surface area (Å²) in [6.45, 7) is 8.62. The van der Waals surface area contributed by atoms with E-state index in [0.717, 1.165) is 19.1 Å². The number of nitrogens with zero attached hydrogens (tertiary/aromatic N) is 1. The maximum absolute atomic E-state index is 3.53. The second-order valence-corrected chi connectivity index (χ2v) is 8.00. The van der Waals surface area contributed by atoms with Gasteiger partial charge in [-0.05, 0) is 51.1 Å². The topological polar surface area (TPSA) is 15.3 Å². The molecule has 0 aliphatic carbocycles. The Labute approximate surface area is 128 Å². The summed E-state index contributed by atoms with van der Waals surface area (Å²) in [5.74, 6) is 2.62. The van der Waals surface area contributed by atoms with E-state index in [1.807, 2.05) is 0 Å². The minimum Gasteiger partial charge on any atom is -0.308 e. The monoisotopic (exact) mass is 292 g/mol. The molecule has 0 aromatic heterocycles. The van der Waals surface area contributed by atoms with Gasteiger partial charge in [0, 0.05) is 30.4 Å². The molecular weight excluding hydrogens is 264 g/mol. The third kappa shape index (κ3) is 5.12. The molecule has 1 unspecified atom stereocenters. The third-order valence-electron chi connectivity index (χ3n) is 3.81. The molecule has 1 aromatic carbocycles. The molecule has 1 N–H and O–H groups in total. The van der Waals surface area contributed by atoms with Crippen molar-refractivity contribution >= 4 is 11.8 Å². The highest BCUT2D eigenvalue weighted by Crippen LogP contribution is 2.22. The summed E-state index contributed by atoms with van der Waals surface area (Å²) in [6, 6.07) is 9.83. The molecule has 1 heterocycles. The van der Waals surface area contributed by atoms with Crippen molar-refractivity contribution in [3.05, 3.63) is 35.4 Å². The highest BCUT2D eigenvalue weighted by Gasteiger charge is 2.19. The molecule has 0 amide bonds. The second kappa shape index (κ2) is 6.97. The van der Waals surface area contributed by atoms with Crippen molar-refractivity contribution in [2.45, 2.75) is 51.9 Å². The van der Waals surface area contributed by atoms with E-state index in [0.29, 0.717) is 0 Å². The van der Waals surface area contributed by atoms with Crippen LogP contribution in [-0.4, -0.2) is 35.0 Å². The van der Waals surface area contributed by atoms with E-state index in [-0.39, 0.29) is 5.54 Å². The first kappa shape index (κ1) is 15.9. The Bertz CT molecular complexity index is 402. The van der Waals surface area contributed by atoms with Crippen molar-refractivity contribution in [1.82, 2.24) is 10.2 Å². The predicted molar refractivity (Wildman–Crippen MR) is 90.2 cm³/mol. The molecule has 2 nitrogen and oxygen atoms in total. The van der Waals surface area contributed by atoms with Crippen LogP contribution in [0.1, 0.15) is 38.3 Å². The smallest absolute Gasteiger partial charge is 0.0233 e. The van der Waals surface area contributed by atoms with E-state index in [1.54, 1.807) is 0 Å². The SMILES string of the molecule is CN(Cc1ccc(CNC(C)(C)C)cc1)C1CCSC1. The quantitative estimate of drug-likeness (QED) is 0.894. The van der Waals surface area contributed by atoms with Crippen molar-refractivity contribution in [2.24, 2.45) is 0 Å². The first-order chi connectivity index (χ1) is 9.44. The van der Waals surface area contributed by atoms with Gasteiger partial charge in [0.25, 0.3) is 0 Å². The van der Waals surface area contributed by atoms with Crippen molar-refractivity contribution in [1.29, 1.82) is 0 Å². The third-order valence-corrected chi connectivity index (χ3v) is 4.95. The molecule has 1 aromatic rings. The summed E-state index contributed by atoms with van der Waals surface area (Å²) in [5.41, 5.74) is 2.96. The van der Waals surface area contributed by atoms with Crippen LogP contribution in [0.25, 0.3) is 0 Å². The molecule has 1 saturated heterocycles. The Kier molecular flexibility index (Phi) is 5.53. The van der Waals surface area contributed by atoms with E-state index >= 15 is 0 Å². The molecule has 2 rings (SSSR count). The Balaban J connectivity index is 1.84. The lowest BCUT2D eigenvalue weighted by atomic mass is 10.1. The highest BCUT2D eigenvalue weighted by atomic mass is 32.2. The van der Waals surface area contributed by atoms with Gasteiger partial charge in [0.05, 0.1) is 0 Å². The Morgan fingerprint density at radius 1 is 1.20 bits per heavy atom. The van der Waals surface area contributed by atoms with E-state index in [2.05, 4.69) is 74.1 Å². The standard InChI is InChI=1S/C17H28N2S/c1-17(2,3)18-11-14-5-7-15(8-6-14)12-19(4)16-9-10-20-13-16/h5-8,16,18H,9-13H2,1-4H3. The highest BCUT2D eigenvalue weighted by molar-refractivity contribution is 7.99. The summed E-state index contributed by atoms with van der Waals surface area (Å²) in [4.78, 5) is 2.50. The lowest BCUT2D eigenvalue weighted by molar-refractivity contribution is 0.254. The van der Waals surface area contributed by atoms with Crippen LogP contribution in [0.5, 0.6) is 0 Å². The molecular formula is C17H28N2S. The maximum atomic E-state index is 3.53. The fourth-order valence-corrected chi connectivity index (χ4v) is 3.72. The molecule has 112 valence electrons. The Morgan fingerprint density at radius 3 is 2.40 bits per heavy atom. The molecule has 0 spiro atoms. The van der Waals surface area contributed by atoms with Crippen molar-refractivity contribution in [2.75, 3.05) is 18.6 Å². The summed E-state index contributed by atoms with van der Waals surface area (Å²) in [5, 5.41) is 3.53. The molecule has 0 bridgehead atoms. The predicted octanol–water partition coefficient (Wildman–Crippen LogP) is 3.51. The molecule has 20 heavy (non-hydrogen) atoms. The normalized spacial score (nSPS) is 19.8. The molecule has 1 atom stereocenters. The van der Waals surface area contributed by atoms with Gasteiger partial charge in [0.2, 0.25) is 0 Å². The summed E-state index contributed by atoms with van der Waals surface area (Å²) >= 11 is 2.08. The van der Waals surface area contributed by atoms with Gasteiger partial charge >= 0.3 is 0 Å². The van der Waals surface area contributed by atoms with E-state index in [4.69, 9.17) is 0 Å². The summed E-state index contributed by atoms with van der Waals surface area (Å²) in [6.07, 6.45) is 1.34. The lowest BCUT2D eigenvalue weighted by Gasteiger charge is -2.24. The lowest BCUT2D eigenvalue weighted by Crippen LogP contribution is -2.35. The second-order valence-electron chi connectivity index (χ2n) is 6.85. The molecule has 1 fully saturated rings. The average Bonchev–Trinajstić information content (AvgIpc) is 2.91. The van der Waals surface area contributed by atoms with Crippen LogP contribution in [0, 0.1) is 0 Å². The molecule has 1 aliphatic heterocycles. The Hall–Kier alpha value is -0.510. The van der Waals surface area contributed by atoms with Gasteiger partial charge in [-0.1, -0.05) is 24.3 Å². The average molecular weight is 292 g/mol. The summed E-state index contributed by atoms with van der Waals surface area (Å²) in [7, 11) is 2.26. The zero-order valence-electron chi connectivity index (χ0n) is 13.3. The number of rotatable bonds is 5. The Morgan fingerprint density at radius 2 is 1.85 bits per heavy atom. The van der Waals surface area contributed by atoms with Crippen LogP contribution in [0.15, 0.2) is 24.3 Å². The van der Waals surface area contributed by atoms with E-state index < -0.39 is 0 Å². The minimum atomic E-state index is 0.180. The van der Waals surface area contributed by atoms with Crippen LogP contribution in [0.4, 0.5) is 0 Å². The fourth-order valence-electron chi connectivity index (χ4n) is 2.42. The van der Waals surface area contributed by atoms with E-state index in [1.165, 1.54) is 29.1 Å². The zero-order valence-corrected chi connectivity index (χ0v) is 14.1. The minimum absolute atomic E-state index is 0.180. The van der Waals surface area contributed by atoms with Gasteiger partial charge in [0.1, 0.15) is 0 Å². The first-order valence-electron chi connectivity index (χ1n) is 7.55. The fraction of sp³-hybridized carbons (Fsp3) is 0.647. The van der Waals surface area contributed by atoms with Gasteiger partial charge in [-0.2, -0.15) is 11.8 Å². The van der Waals surface area contributed by atoms with Crippen LogP contribution in [-0.2, 0) is 13.1 Å². The molecule has 3 heteroatoms. The van der Waals surface area contributed by atoms with Crippen molar-refractivity contribution in [3.63, 3.8) is 0 Å². The van der Waals surface area contributed by atoms with Crippen LogP contribution >= 0.6 is 11.8 Å². The molecule has 0 radical (unpaired) electrons. The number of hydrogen-bond acceptors (Lipinski definition) is 3. The van der Waals surface area contributed by atoms with Gasteiger partial charge in [-0.25, -0.2) is 0 Å². The number of benzene rings is 1. The maximum Gasteiger partial charge on any atom is 0.0233 e. The zero-order chi connectivity index (χ0) is 14.6. The number of thioether (sulfide) groups is 1. The molecule has 1 aliphatic rings. The van der Waals surface area contributed by atoms with Crippen molar-refractivity contribution < 1.29 is 0 Å². The molecule has 0 saturated carbocycles. The summed E-state index contributed by atoms with van der Waals surface area (Å²) < 4.78 is 0. The van der Waals surface area contributed by atoms with Gasteiger partial charge in [0.15, 0.2) is 0 Å².